The Hall–Kier alpha value is -0.870. The molecule has 1 aromatic carbocycles. The van der Waals surface area contributed by atoms with E-state index in [9.17, 15) is 8.42 Å². The average molecular weight is 225 g/mol. The van der Waals surface area contributed by atoms with Gasteiger partial charge in [0.15, 0.2) is 9.84 Å². The minimum Gasteiger partial charge on any atom is -0.330 e. The third-order valence-electron chi connectivity index (χ3n) is 2.94. The van der Waals surface area contributed by atoms with Gasteiger partial charge < -0.3 is 5.73 Å². The summed E-state index contributed by atoms with van der Waals surface area (Å²) in [4.78, 5) is 0.464. The SMILES string of the molecule is CS(=O)(=O)c1ccccc1[C@@H]1C[C@H]1CN. The summed E-state index contributed by atoms with van der Waals surface area (Å²) in [6, 6.07) is 7.23. The molecule has 0 radical (unpaired) electrons. The zero-order valence-electron chi connectivity index (χ0n) is 8.68. The minimum atomic E-state index is -3.11. The van der Waals surface area contributed by atoms with E-state index in [0.29, 0.717) is 23.3 Å². The molecule has 0 amide bonds. The Morgan fingerprint density at radius 3 is 2.60 bits per heavy atom. The van der Waals surface area contributed by atoms with E-state index in [1.165, 1.54) is 6.26 Å². The summed E-state index contributed by atoms with van der Waals surface area (Å²) < 4.78 is 23.1. The number of nitrogens with two attached hydrogens (primary N) is 1. The van der Waals surface area contributed by atoms with Crippen LogP contribution in [0.5, 0.6) is 0 Å². The molecule has 0 aromatic heterocycles. The molecule has 0 unspecified atom stereocenters. The van der Waals surface area contributed by atoms with E-state index in [1.54, 1.807) is 12.1 Å². The second-order valence-corrected chi connectivity index (χ2v) is 6.13. The van der Waals surface area contributed by atoms with Crippen molar-refractivity contribution in [2.45, 2.75) is 17.2 Å². The summed E-state index contributed by atoms with van der Waals surface area (Å²) in [5.74, 6) is 0.814. The molecule has 3 nitrogen and oxygen atoms in total. The first-order chi connectivity index (χ1) is 7.04. The van der Waals surface area contributed by atoms with Crippen molar-refractivity contribution in [3.63, 3.8) is 0 Å². The number of hydrogen-bond acceptors (Lipinski definition) is 3. The predicted octanol–water partition coefficient (Wildman–Crippen LogP) is 1.15. The fourth-order valence-corrected chi connectivity index (χ4v) is 2.99. The van der Waals surface area contributed by atoms with Crippen LogP contribution in [0.3, 0.4) is 0 Å². The second-order valence-electron chi connectivity index (χ2n) is 4.15. The molecule has 4 heteroatoms. The molecule has 1 aliphatic rings. The molecule has 0 heterocycles. The van der Waals surface area contributed by atoms with Crippen LogP contribution in [0.2, 0.25) is 0 Å². The van der Waals surface area contributed by atoms with E-state index in [1.807, 2.05) is 12.1 Å². The van der Waals surface area contributed by atoms with Gasteiger partial charge in [0.1, 0.15) is 0 Å². The van der Waals surface area contributed by atoms with Crippen molar-refractivity contribution in [3.05, 3.63) is 29.8 Å². The zero-order valence-corrected chi connectivity index (χ0v) is 9.50. The van der Waals surface area contributed by atoms with Crippen molar-refractivity contribution in [1.29, 1.82) is 0 Å². The minimum absolute atomic E-state index is 0.348. The highest BCUT2D eigenvalue weighted by atomic mass is 32.2. The van der Waals surface area contributed by atoms with E-state index in [-0.39, 0.29) is 0 Å². The molecule has 2 atom stereocenters. The predicted molar refractivity (Wildman–Crippen MR) is 59.5 cm³/mol. The monoisotopic (exact) mass is 225 g/mol. The van der Waals surface area contributed by atoms with E-state index in [0.717, 1.165) is 12.0 Å². The summed E-state index contributed by atoms with van der Waals surface area (Å²) in [5, 5.41) is 0. The van der Waals surface area contributed by atoms with Gasteiger partial charge in [0, 0.05) is 6.26 Å². The lowest BCUT2D eigenvalue weighted by Gasteiger charge is -2.06. The van der Waals surface area contributed by atoms with Gasteiger partial charge in [-0.15, -0.1) is 0 Å². The largest absolute Gasteiger partial charge is 0.330 e. The third kappa shape index (κ3) is 2.06. The number of rotatable bonds is 3. The van der Waals surface area contributed by atoms with Gasteiger partial charge in [0.2, 0.25) is 0 Å². The highest BCUT2D eigenvalue weighted by Crippen LogP contribution is 2.48. The van der Waals surface area contributed by atoms with Gasteiger partial charge in [-0.3, -0.25) is 0 Å². The molecule has 0 bridgehead atoms. The van der Waals surface area contributed by atoms with Crippen molar-refractivity contribution < 1.29 is 8.42 Å². The van der Waals surface area contributed by atoms with Gasteiger partial charge in [-0.1, -0.05) is 18.2 Å². The molecule has 0 spiro atoms. The Morgan fingerprint density at radius 1 is 1.40 bits per heavy atom. The maximum absolute atomic E-state index is 11.5. The van der Waals surface area contributed by atoms with Crippen molar-refractivity contribution >= 4 is 9.84 Å². The molecule has 82 valence electrons. The molecule has 2 N–H and O–H groups in total. The lowest BCUT2D eigenvalue weighted by Crippen LogP contribution is -2.05. The molecule has 1 saturated carbocycles. The van der Waals surface area contributed by atoms with Crippen LogP contribution >= 0.6 is 0 Å². The van der Waals surface area contributed by atoms with Crippen LogP contribution in [-0.4, -0.2) is 21.2 Å². The summed E-state index contributed by atoms with van der Waals surface area (Å²) in [6.45, 7) is 0.642. The fourth-order valence-electron chi connectivity index (χ4n) is 2.01. The Morgan fingerprint density at radius 2 is 2.07 bits per heavy atom. The highest BCUT2D eigenvalue weighted by Gasteiger charge is 2.39. The summed E-state index contributed by atoms with van der Waals surface area (Å²) in [5.41, 5.74) is 6.51. The van der Waals surface area contributed by atoms with Crippen LogP contribution in [0.25, 0.3) is 0 Å². The molecule has 1 aliphatic carbocycles. The lowest BCUT2D eigenvalue weighted by atomic mass is 10.1. The normalized spacial score (nSPS) is 25.2. The van der Waals surface area contributed by atoms with Crippen molar-refractivity contribution in [1.82, 2.24) is 0 Å². The first-order valence-corrected chi connectivity index (χ1v) is 6.92. The van der Waals surface area contributed by atoms with Gasteiger partial charge in [-0.25, -0.2) is 8.42 Å². The van der Waals surface area contributed by atoms with Crippen LogP contribution in [0.1, 0.15) is 17.9 Å². The van der Waals surface area contributed by atoms with Crippen molar-refractivity contribution in [3.8, 4) is 0 Å². The summed E-state index contributed by atoms with van der Waals surface area (Å²) >= 11 is 0. The topological polar surface area (TPSA) is 60.2 Å². The zero-order chi connectivity index (χ0) is 11.1. The van der Waals surface area contributed by atoms with Crippen molar-refractivity contribution in [2.75, 3.05) is 12.8 Å². The van der Waals surface area contributed by atoms with Gasteiger partial charge in [-0.2, -0.15) is 0 Å². The molecule has 0 aliphatic heterocycles. The Kier molecular flexibility index (Phi) is 2.56. The number of sulfone groups is 1. The van der Waals surface area contributed by atoms with Gasteiger partial charge in [0.25, 0.3) is 0 Å². The Labute approximate surface area is 90.2 Å². The fraction of sp³-hybridized carbons (Fsp3) is 0.455. The molecule has 2 rings (SSSR count). The molecule has 15 heavy (non-hydrogen) atoms. The van der Waals surface area contributed by atoms with Gasteiger partial charge in [-0.05, 0) is 36.4 Å². The molecule has 1 fully saturated rings. The van der Waals surface area contributed by atoms with Crippen LogP contribution in [0.4, 0.5) is 0 Å². The van der Waals surface area contributed by atoms with Crippen LogP contribution in [0.15, 0.2) is 29.2 Å². The molecule has 0 saturated heterocycles. The average Bonchev–Trinajstić information content (AvgIpc) is 2.95. The second kappa shape index (κ2) is 3.61. The van der Waals surface area contributed by atoms with Crippen molar-refractivity contribution in [2.24, 2.45) is 11.7 Å². The van der Waals surface area contributed by atoms with E-state index < -0.39 is 9.84 Å². The summed E-state index contributed by atoms with van der Waals surface area (Å²) in [7, 11) is -3.11. The van der Waals surface area contributed by atoms with E-state index in [2.05, 4.69) is 0 Å². The Bertz CT molecular complexity index is 467. The summed E-state index contributed by atoms with van der Waals surface area (Å²) in [6.07, 6.45) is 2.27. The van der Waals surface area contributed by atoms with Crippen LogP contribution < -0.4 is 5.73 Å². The first-order valence-electron chi connectivity index (χ1n) is 5.03. The van der Waals surface area contributed by atoms with Crippen LogP contribution in [-0.2, 0) is 9.84 Å². The maximum atomic E-state index is 11.5. The smallest absolute Gasteiger partial charge is 0.175 e. The molecular formula is C11H15NO2S. The van der Waals surface area contributed by atoms with E-state index >= 15 is 0 Å². The molecule has 1 aromatic rings. The lowest BCUT2D eigenvalue weighted by molar-refractivity contribution is 0.600. The molecular weight excluding hydrogens is 210 g/mol. The highest BCUT2D eigenvalue weighted by molar-refractivity contribution is 7.90. The quantitative estimate of drug-likeness (QED) is 0.839. The standard InChI is InChI=1S/C11H15NO2S/c1-15(13,14)11-5-3-2-4-9(11)10-6-8(10)7-12/h2-5,8,10H,6-7,12H2,1H3/t8-,10+/m0/s1. The van der Waals surface area contributed by atoms with Crippen LogP contribution in [0, 0.1) is 5.92 Å². The third-order valence-corrected chi connectivity index (χ3v) is 4.11. The van der Waals surface area contributed by atoms with E-state index in [4.69, 9.17) is 5.73 Å². The first kappa shape index (κ1) is 10.6. The maximum Gasteiger partial charge on any atom is 0.175 e. The van der Waals surface area contributed by atoms with Gasteiger partial charge >= 0.3 is 0 Å². The number of benzene rings is 1. The number of hydrogen-bond donors (Lipinski definition) is 1. The Balaban J connectivity index is 2.41. The van der Waals surface area contributed by atoms with Gasteiger partial charge in [0.05, 0.1) is 4.90 Å².